The highest BCUT2D eigenvalue weighted by molar-refractivity contribution is 5.91. The Labute approximate surface area is 123 Å². The molecule has 1 aromatic rings. The van der Waals surface area contributed by atoms with Crippen molar-refractivity contribution in [1.82, 2.24) is 9.80 Å². The standard InChI is InChI=1S/C14H20N2O5/c1-3-20-14(18)16-8-6-15(7-9-16)13(17)12-5-4-11(21-12)10-19-2/h4-5H,3,6-10H2,1-2H3. The molecule has 0 saturated carbocycles. The van der Waals surface area contributed by atoms with Crippen LogP contribution in [0.1, 0.15) is 23.2 Å². The molecule has 2 heterocycles. The molecule has 1 aliphatic heterocycles. The summed E-state index contributed by atoms with van der Waals surface area (Å²) in [6, 6.07) is 3.38. The zero-order valence-corrected chi connectivity index (χ0v) is 12.3. The third-order valence-corrected chi connectivity index (χ3v) is 3.25. The Hall–Kier alpha value is -2.02. The first-order valence-electron chi connectivity index (χ1n) is 6.94. The molecule has 1 aliphatic rings. The number of hydrogen-bond acceptors (Lipinski definition) is 5. The summed E-state index contributed by atoms with van der Waals surface area (Å²) in [5.41, 5.74) is 0. The van der Waals surface area contributed by atoms with Crippen LogP contribution in [0, 0.1) is 0 Å². The van der Waals surface area contributed by atoms with Gasteiger partial charge >= 0.3 is 6.09 Å². The number of ether oxygens (including phenoxy) is 2. The third-order valence-electron chi connectivity index (χ3n) is 3.25. The van der Waals surface area contributed by atoms with E-state index in [1.165, 1.54) is 0 Å². The minimum atomic E-state index is -0.329. The van der Waals surface area contributed by atoms with Crippen LogP contribution in [-0.2, 0) is 16.1 Å². The fraction of sp³-hybridized carbons (Fsp3) is 0.571. The van der Waals surface area contributed by atoms with Crippen molar-refractivity contribution in [2.24, 2.45) is 0 Å². The number of nitrogens with zero attached hydrogens (tertiary/aromatic N) is 2. The lowest BCUT2D eigenvalue weighted by molar-refractivity contribution is 0.0541. The van der Waals surface area contributed by atoms with Crippen LogP contribution in [0.4, 0.5) is 4.79 Å². The Morgan fingerprint density at radius 1 is 1.19 bits per heavy atom. The molecular weight excluding hydrogens is 276 g/mol. The minimum absolute atomic E-state index is 0.166. The summed E-state index contributed by atoms with van der Waals surface area (Å²) in [4.78, 5) is 27.1. The van der Waals surface area contributed by atoms with E-state index in [0.717, 1.165) is 0 Å². The van der Waals surface area contributed by atoms with Crippen LogP contribution in [0.25, 0.3) is 0 Å². The Kier molecular flexibility index (Phi) is 5.21. The largest absolute Gasteiger partial charge is 0.453 e. The highest BCUT2D eigenvalue weighted by Gasteiger charge is 2.26. The Balaban J connectivity index is 1.89. The highest BCUT2D eigenvalue weighted by Crippen LogP contribution is 2.13. The number of rotatable bonds is 4. The van der Waals surface area contributed by atoms with Gasteiger partial charge in [0, 0.05) is 33.3 Å². The van der Waals surface area contributed by atoms with Gasteiger partial charge in [-0.15, -0.1) is 0 Å². The molecule has 0 aromatic carbocycles. The van der Waals surface area contributed by atoms with Gasteiger partial charge in [0.25, 0.3) is 5.91 Å². The molecule has 116 valence electrons. The molecule has 0 radical (unpaired) electrons. The SMILES string of the molecule is CCOC(=O)N1CCN(C(=O)c2ccc(COC)o2)CC1. The minimum Gasteiger partial charge on any atom is -0.453 e. The maximum atomic E-state index is 12.3. The second-order valence-corrected chi connectivity index (χ2v) is 4.68. The fourth-order valence-electron chi connectivity index (χ4n) is 2.18. The lowest BCUT2D eigenvalue weighted by Gasteiger charge is -2.33. The Morgan fingerprint density at radius 2 is 1.86 bits per heavy atom. The van der Waals surface area contributed by atoms with Gasteiger partial charge in [-0.3, -0.25) is 4.79 Å². The van der Waals surface area contributed by atoms with E-state index in [1.54, 1.807) is 36.0 Å². The van der Waals surface area contributed by atoms with Crippen molar-refractivity contribution in [3.05, 3.63) is 23.7 Å². The number of methoxy groups -OCH3 is 1. The van der Waals surface area contributed by atoms with Crippen molar-refractivity contribution < 1.29 is 23.5 Å². The number of carbonyl (C=O) groups excluding carboxylic acids is 2. The molecule has 7 heteroatoms. The van der Waals surface area contributed by atoms with Crippen LogP contribution in [0.15, 0.2) is 16.5 Å². The number of furan rings is 1. The highest BCUT2D eigenvalue weighted by atomic mass is 16.6. The lowest BCUT2D eigenvalue weighted by Crippen LogP contribution is -2.50. The normalized spacial score (nSPS) is 15.1. The molecule has 0 N–H and O–H groups in total. The second kappa shape index (κ2) is 7.12. The van der Waals surface area contributed by atoms with Gasteiger partial charge in [-0.1, -0.05) is 0 Å². The summed E-state index contributed by atoms with van der Waals surface area (Å²) in [5, 5.41) is 0. The van der Waals surface area contributed by atoms with Gasteiger partial charge in [0.15, 0.2) is 5.76 Å². The first-order chi connectivity index (χ1) is 10.2. The summed E-state index contributed by atoms with van der Waals surface area (Å²) in [5.74, 6) is 0.749. The van der Waals surface area contributed by atoms with Crippen molar-refractivity contribution in [2.75, 3.05) is 39.9 Å². The van der Waals surface area contributed by atoms with Crippen LogP contribution in [-0.4, -0.2) is 61.7 Å². The van der Waals surface area contributed by atoms with E-state index in [-0.39, 0.29) is 12.0 Å². The van der Waals surface area contributed by atoms with Gasteiger partial charge in [0.05, 0.1) is 6.61 Å². The van der Waals surface area contributed by atoms with Crippen molar-refractivity contribution in [1.29, 1.82) is 0 Å². The molecule has 0 spiro atoms. The third kappa shape index (κ3) is 3.75. The topological polar surface area (TPSA) is 72.2 Å². The van der Waals surface area contributed by atoms with E-state index in [4.69, 9.17) is 13.9 Å². The van der Waals surface area contributed by atoms with Crippen molar-refractivity contribution >= 4 is 12.0 Å². The number of hydrogen-bond donors (Lipinski definition) is 0. The number of carbonyl (C=O) groups is 2. The van der Waals surface area contributed by atoms with Gasteiger partial charge in [-0.2, -0.15) is 0 Å². The first-order valence-corrected chi connectivity index (χ1v) is 6.94. The predicted octanol–water partition coefficient (Wildman–Crippen LogP) is 1.34. The maximum Gasteiger partial charge on any atom is 0.409 e. The van der Waals surface area contributed by atoms with Gasteiger partial charge in [-0.25, -0.2) is 4.79 Å². The average molecular weight is 296 g/mol. The van der Waals surface area contributed by atoms with Crippen molar-refractivity contribution in [3.63, 3.8) is 0 Å². The molecule has 7 nitrogen and oxygen atoms in total. The maximum absolute atomic E-state index is 12.3. The summed E-state index contributed by atoms with van der Waals surface area (Å²) in [6.07, 6.45) is -0.329. The van der Waals surface area contributed by atoms with Gasteiger partial charge in [-0.05, 0) is 19.1 Å². The fourth-order valence-corrected chi connectivity index (χ4v) is 2.18. The molecule has 1 saturated heterocycles. The number of amides is 2. The van der Waals surface area contributed by atoms with Gasteiger partial charge in [0.1, 0.15) is 12.4 Å². The van der Waals surface area contributed by atoms with Crippen LogP contribution < -0.4 is 0 Å². The van der Waals surface area contributed by atoms with E-state index >= 15 is 0 Å². The van der Waals surface area contributed by atoms with Gasteiger partial charge < -0.3 is 23.7 Å². The summed E-state index contributed by atoms with van der Waals surface area (Å²) >= 11 is 0. The van der Waals surface area contributed by atoms with E-state index in [0.29, 0.717) is 50.9 Å². The van der Waals surface area contributed by atoms with Crippen LogP contribution in [0.5, 0.6) is 0 Å². The molecule has 1 aromatic heterocycles. The molecule has 2 amide bonds. The van der Waals surface area contributed by atoms with Gasteiger partial charge in [0.2, 0.25) is 0 Å². The van der Waals surface area contributed by atoms with Crippen LogP contribution in [0.3, 0.4) is 0 Å². The molecular formula is C14H20N2O5. The second-order valence-electron chi connectivity index (χ2n) is 4.68. The molecule has 0 atom stereocenters. The molecule has 0 unspecified atom stereocenters. The Bertz CT molecular complexity index is 491. The summed E-state index contributed by atoms with van der Waals surface area (Å²) < 4.78 is 15.3. The van der Waals surface area contributed by atoms with Crippen LogP contribution >= 0.6 is 0 Å². The molecule has 21 heavy (non-hydrogen) atoms. The van der Waals surface area contributed by atoms with E-state index in [2.05, 4.69) is 0 Å². The van der Waals surface area contributed by atoms with Crippen molar-refractivity contribution in [2.45, 2.75) is 13.5 Å². The van der Waals surface area contributed by atoms with E-state index in [1.807, 2.05) is 0 Å². The zero-order valence-electron chi connectivity index (χ0n) is 12.3. The van der Waals surface area contributed by atoms with E-state index < -0.39 is 0 Å². The molecule has 1 fully saturated rings. The average Bonchev–Trinajstić information content (AvgIpc) is 2.96. The summed E-state index contributed by atoms with van der Waals surface area (Å²) in [7, 11) is 1.57. The first kappa shape index (κ1) is 15.4. The van der Waals surface area contributed by atoms with Crippen LogP contribution in [0.2, 0.25) is 0 Å². The monoisotopic (exact) mass is 296 g/mol. The smallest absolute Gasteiger partial charge is 0.409 e. The molecule has 0 aliphatic carbocycles. The van der Waals surface area contributed by atoms with Crippen molar-refractivity contribution in [3.8, 4) is 0 Å². The van der Waals surface area contributed by atoms with E-state index in [9.17, 15) is 9.59 Å². The quantitative estimate of drug-likeness (QED) is 0.838. The molecule has 2 rings (SSSR count). The zero-order chi connectivity index (χ0) is 15.2. The Morgan fingerprint density at radius 3 is 2.48 bits per heavy atom. The number of piperazine rings is 1. The summed E-state index contributed by atoms with van der Waals surface area (Å²) in [6.45, 7) is 4.34. The molecule has 0 bridgehead atoms. The predicted molar refractivity (Wildman–Crippen MR) is 73.9 cm³/mol. The lowest BCUT2D eigenvalue weighted by atomic mass is 10.3.